The van der Waals surface area contributed by atoms with E-state index in [-0.39, 0.29) is 12.1 Å². The van der Waals surface area contributed by atoms with Crippen LogP contribution in [-0.2, 0) is 14.3 Å². The number of esters is 1. The maximum atomic E-state index is 12.4. The molecule has 1 fully saturated rings. The lowest BCUT2D eigenvalue weighted by Crippen LogP contribution is -2.41. The van der Waals surface area contributed by atoms with Crippen molar-refractivity contribution in [2.75, 3.05) is 19.8 Å². The van der Waals surface area contributed by atoms with Crippen molar-refractivity contribution in [3.05, 3.63) is 0 Å². The number of amides is 1. The molecule has 0 unspecified atom stereocenters. The fourth-order valence-electron chi connectivity index (χ4n) is 4.36. The molecule has 0 bridgehead atoms. The molecule has 1 aliphatic heterocycles. The Balaban J connectivity index is 1.92. The number of hydrogen-bond acceptors (Lipinski definition) is 4. The quantitative estimate of drug-likeness (QED) is 0.139. The van der Waals surface area contributed by atoms with Crippen molar-refractivity contribution < 1.29 is 19.1 Å². The second kappa shape index (κ2) is 20.4. The van der Waals surface area contributed by atoms with Gasteiger partial charge in [-0.3, -0.25) is 4.90 Å². The Morgan fingerprint density at radius 2 is 1.12 bits per heavy atom. The first-order chi connectivity index (χ1) is 15.7. The van der Waals surface area contributed by atoms with E-state index in [0.29, 0.717) is 26.2 Å². The molecule has 5 heteroatoms. The van der Waals surface area contributed by atoms with Gasteiger partial charge in [0, 0.05) is 6.54 Å². The van der Waals surface area contributed by atoms with E-state index in [2.05, 4.69) is 13.8 Å². The van der Waals surface area contributed by atoms with Crippen molar-refractivity contribution in [1.82, 2.24) is 4.90 Å². The van der Waals surface area contributed by atoms with Crippen molar-refractivity contribution >= 4 is 12.1 Å². The van der Waals surface area contributed by atoms with Crippen LogP contribution >= 0.6 is 0 Å². The minimum absolute atomic E-state index is 0.264. The van der Waals surface area contributed by atoms with E-state index in [1.165, 1.54) is 83.5 Å². The number of ether oxygens (including phenoxy) is 2. The van der Waals surface area contributed by atoms with Gasteiger partial charge in [-0.25, -0.2) is 9.59 Å². The Labute approximate surface area is 198 Å². The van der Waals surface area contributed by atoms with E-state index in [1.54, 1.807) is 4.90 Å². The largest absolute Gasteiger partial charge is 0.464 e. The Hall–Kier alpha value is -1.26. The van der Waals surface area contributed by atoms with E-state index in [9.17, 15) is 9.59 Å². The zero-order valence-corrected chi connectivity index (χ0v) is 21.2. The monoisotopic (exact) mass is 453 g/mol. The minimum Gasteiger partial charge on any atom is -0.464 e. The van der Waals surface area contributed by atoms with Crippen LogP contribution in [0.1, 0.15) is 136 Å². The number of likely N-dealkylation sites (tertiary alicyclic amines) is 1. The van der Waals surface area contributed by atoms with Crippen LogP contribution in [0.2, 0.25) is 0 Å². The van der Waals surface area contributed by atoms with Gasteiger partial charge in [-0.2, -0.15) is 0 Å². The number of unbranched alkanes of at least 4 members (excludes halogenated alkanes) is 15. The van der Waals surface area contributed by atoms with Crippen molar-refractivity contribution in [1.29, 1.82) is 0 Å². The normalized spacial score (nSPS) is 15.8. The molecule has 0 saturated carbocycles. The van der Waals surface area contributed by atoms with Gasteiger partial charge in [-0.1, -0.05) is 110 Å². The third kappa shape index (κ3) is 14.0. The average molecular weight is 454 g/mol. The maximum Gasteiger partial charge on any atom is 0.410 e. The van der Waals surface area contributed by atoms with Gasteiger partial charge in [0.2, 0.25) is 0 Å². The molecule has 0 aromatic heterocycles. The first kappa shape index (κ1) is 28.8. The highest BCUT2D eigenvalue weighted by Crippen LogP contribution is 2.20. The molecule has 1 aliphatic rings. The number of hydrogen-bond donors (Lipinski definition) is 0. The molecule has 0 aromatic rings. The van der Waals surface area contributed by atoms with E-state index < -0.39 is 6.04 Å². The van der Waals surface area contributed by atoms with Crippen LogP contribution in [0.15, 0.2) is 0 Å². The summed E-state index contributed by atoms with van der Waals surface area (Å²) in [5.74, 6) is -0.264. The zero-order chi connectivity index (χ0) is 23.3. The van der Waals surface area contributed by atoms with Crippen LogP contribution in [0.3, 0.4) is 0 Å². The molecular weight excluding hydrogens is 402 g/mol. The average Bonchev–Trinajstić information content (AvgIpc) is 3.29. The lowest BCUT2D eigenvalue weighted by molar-refractivity contribution is -0.148. The molecule has 1 heterocycles. The van der Waals surface area contributed by atoms with Gasteiger partial charge < -0.3 is 9.47 Å². The predicted molar refractivity (Wildman–Crippen MR) is 132 cm³/mol. The number of carbonyl (C=O) groups excluding carboxylic acids is 2. The summed E-state index contributed by atoms with van der Waals surface area (Å²) in [6, 6.07) is -0.458. The van der Waals surface area contributed by atoms with Crippen molar-refractivity contribution in [2.24, 2.45) is 0 Å². The van der Waals surface area contributed by atoms with Crippen LogP contribution < -0.4 is 0 Å². The molecule has 0 aromatic carbocycles. The van der Waals surface area contributed by atoms with Gasteiger partial charge >= 0.3 is 12.1 Å². The van der Waals surface area contributed by atoms with Gasteiger partial charge in [0.05, 0.1) is 13.2 Å². The predicted octanol–water partition coefficient (Wildman–Crippen LogP) is 7.80. The first-order valence-corrected chi connectivity index (χ1v) is 13.8. The molecule has 1 rings (SSSR count). The Morgan fingerprint density at radius 3 is 1.66 bits per heavy atom. The van der Waals surface area contributed by atoms with Crippen LogP contribution in [0.25, 0.3) is 0 Å². The molecule has 0 radical (unpaired) electrons. The van der Waals surface area contributed by atoms with E-state index in [4.69, 9.17) is 9.47 Å². The summed E-state index contributed by atoms with van der Waals surface area (Å²) in [6.45, 7) is 5.81. The van der Waals surface area contributed by atoms with Gasteiger partial charge in [0.25, 0.3) is 0 Å². The number of rotatable bonds is 20. The molecule has 0 spiro atoms. The zero-order valence-electron chi connectivity index (χ0n) is 21.2. The molecule has 1 amide bonds. The fourth-order valence-corrected chi connectivity index (χ4v) is 4.36. The molecule has 1 atom stereocenters. The van der Waals surface area contributed by atoms with Crippen LogP contribution in [0.5, 0.6) is 0 Å². The minimum atomic E-state index is -0.458. The van der Waals surface area contributed by atoms with Gasteiger partial charge in [-0.15, -0.1) is 0 Å². The lowest BCUT2D eigenvalue weighted by atomic mass is 10.0. The third-order valence-electron chi connectivity index (χ3n) is 6.48. The second-order valence-corrected chi connectivity index (χ2v) is 9.44. The van der Waals surface area contributed by atoms with Crippen molar-refractivity contribution in [3.8, 4) is 0 Å². The number of carbonyl (C=O) groups is 2. The summed E-state index contributed by atoms with van der Waals surface area (Å²) >= 11 is 0. The topological polar surface area (TPSA) is 55.8 Å². The molecular formula is C27H51NO4. The maximum absolute atomic E-state index is 12.4. The van der Waals surface area contributed by atoms with E-state index in [1.807, 2.05) is 0 Å². The van der Waals surface area contributed by atoms with E-state index >= 15 is 0 Å². The third-order valence-corrected chi connectivity index (χ3v) is 6.48. The lowest BCUT2D eigenvalue weighted by Gasteiger charge is -2.22. The second-order valence-electron chi connectivity index (χ2n) is 9.44. The first-order valence-electron chi connectivity index (χ1n) is 13.8. The van der Waals surface area contributed by atoms with Crippen LogP contribution in [0.4, 0.5) is 4.79 Å². The summed E-state index contributed by atoms with van der Waals surface area (Å²) < 4.78 is 10.7. The molecule has 5 nitrogen and oxygen atoms in total. The molecule has 1 saturated heterocycles. The summed E-state index contributed by atoms with van der Waals surface area (Å²) in [7, 11) is 0. The summed E-state index contributed by atoms with van der Waals surface area (Å²) in [5.41, 5.74) is 0. The van der Waals surface area contributed by atoms with Gasteiger partial charge in [0.15, 0.2) is 0 Å². The van der Waals surface area contributed by atoms with Crippen LogP contribution in [0, 0.1) is 0 Å². The molecule has 32 heavy (non-hydrogen) atoms. The summed E-state index contributed by atoms with van der Waals surface area (Å²) in [4.78, 5) is 26.1. The highest BCUT2D eigenvalue weighted by Gasteiger charge is 2.36. The smallest absolute Gasteiger partial charge is 0.410 e. The van der Waals surface area contributed by atoms with Gasteiger partial charge in [-0.05, 0) is 25.7 Å². The highest BCUT2D eigenvalue weighted by molar-refractivity contribution is 5.82. The highest BCUT2D eigenvalue weighted by atomic mass is 16.6. The molecule has 0 N–H and O–H groups in total. The Bertz CT molecular complexity index is 469. The van der Waals surface area contributed by atoms with Crippen LogP contribution in [-0.4, -0.2) is 42.8 Å². The van der Waals surface area contributed by atoms with Gasteiger partial charge in [0.1, 0.15) is 6.04 Å². The van der Waals surface area contributed by atoms with Crippen molar-refractivity contribution in [3.63, 3.8) is 0 Å². The summed E-state index contributed by atoms with van der Waals surface area (Å²) in [6.07, 6.45) is 22.8. The number of nitrogens with zero attached hydrogens (tertiary/aromatic N) is 1. The molecule has 188 valence electrons. The Kier molecular flexibility index (Phi) is 18.3. The fraction of sp³-hybridized carbons (Fsp3) is 0.926. The Morgan fingerprint density at radius 1 is 0.656 bits per heavy atom. The SMILES string of the molecule is CCCCCCCCCCCCCCCCCOC(=O)[C@@H]1CCCN1C(=O)OCCCC. The standard InChI is InChI=1S/C27H51NO4/c1-3-5-7-8-9-10-11-12-13-14-15-16-17-18-19-24-31-26(29)25-21-20-22-28(25)27(30)32-23-6-4-2/h25H,3-24H2,1-2H3/t25-/m0/s1. The van der Waals surface area contributed by atoms with Crippen molar-refractivity contribution in [2.45, 2.75) is 142 Å². The van der Waals surface area contributed by atoms with E-state index in [0.717, 1.165) is 32.1 Å². The molecule has 0 aliphatic carbocycles. The summed E-state index contributed by atoms with van der Waals surface area (Å²) in [5, 5.41) is 0.